The summed E-state index contributed by atoms with van der Waals surface area (Å²) in [6.07, 6.45) is 6.08. The molecule has 2 aliphatic rings. The Balaban J connectivity index is 1.26. The number of nitrogens with zero attached hydrogens (tertiary/aromatic N) is 5. The maximum Gasteiger partial charge on any atom is 0.274 e. The number of fused-ring (bicyclic) bond motifs is 1. The Bertz CT molecular complexity index is 1400. The molecule has 0 bridgehead atoms. The largest absolute Gasteiger partial charge is 0.378 e. The number of aromatic nitrogens is 5. The highest BCUT2D eigenvalue weighted by molar-refractivity contribution is 6.04. The zero-order valence-corrected chi connectivity index (χ0v) is 20.7. The second kappa shape index (κ2) is 9.15. The van der Waals surface area contributed by atoms with Crippen molar-refractivity contribution in [3.8, 4) is 0 Å². The second-order valence-corrected chi connectivity index (χ2v) is 10.3. The van der Waals surface area contributed by atoms with Crippen molar-refractivity contribution in [2.75, 3.05) is 31.6 Å². The van der Waals surface area contributed by atoms with Crippen molar-refractivity contribution in [2.24, 2.45) is 13.0 Å². The van der Waals surface area contributed by atoms with Gasteiger partial charge in [0.2, 0.25) is 0 Å². The number of ether oxygens (including phenoxy) is 1. The molecule has 5 heterocycles. The van der Waals surface area contributed by atoms with Gasteiger partial charge in [-0.3, -0.25) is 9.69 Å². The van der Waals surface area contributed by atoms with E-state index in [2.05, 4.69) is 43.4 Å². The third-order valence-electron chi connectivity index (χ3n) is 7.48. The van der Waals surface area contributed by atoms with E-state index in [9.17, 15) is 4.79 Å². The van der Waals surface area contributed by atoms with Crippen LogP contribution in [-0.2, 0) is 23.7 Å². The molecule has 1 aromatic carbocycles. The molecule has 0 saturated carbocycles. The van der Waals surface area contributed by atoms with Crippen molar-refractivity contribution < 1.29 is 9.53 Å². The van der Waals surface area contributed by atoms with E-state index >= 15 is 0 Å². The third-order valence-corrected chi connectivity index (χ3v) is 7.48. The lowest BCUT2D eigenvalue weighted by Crippen LogP contribution is -2.49. The highest BCUT2D eigenvalue weighted by atomic mass is 16.5. The smallest absolute Gasteiger partial charge is 0.274 e. The molecule has 0 aliphatic carbocycles. The number of aromatic amines is 1. The monoisotopic (exact) mass is 485 g/mol. The number of rotatable bonds is 6. The van der Waals surface area contributed by atoms with Crippen molar-refractivity contribution in [2.45, 2.75) is 31.7 Å². The van der Waals surface area contributed by atoms with E-state index in [1.807, 2.05) is 48.1 Å². The molecule has 1 atom stereocenters. The molecular weight excluding hydrogens is 454 g/mol. The molecule has 0 unspecified atom stereocenters. The molecule has 0 spiro atoms. The van der Waals surface area contributed by atoms with Gasteiger partial charge in [-0.2, -0.15) is 0 Å². The van der Waals surface area contributed by atoms with Crippen LogP contribution in [0.1, 0.15) is 47.2 Å². The fourth-order valence-corrected chi connectivity index (χ4v) is 5.56. The van der Waals surface area contributed by atoms with Gasteiger partial charge in [0.15, 0.2) is 0 Å². The number of pyridine rings is 1. The highest BCUT2D eigenvalue weighted by Crippen LogP contribution is 2.38. The van der Waals surface area contributed by atoms with Crippen molar-refractivity contribution in [3.63, 3.8) is 0 Å². The van der Waals surface area contributed by atoms with Crippen LogP contribution in [0.2, 0.25) is 0 Å². The predicted octanol–water partition coefficient (Wildman–Crippen LogP) is 3.49. The SMILES string of the molecule is C[C@H]1CCCN(Cc2cc(C(=O)Nc3cccc(C4(c5nncn5C)COC4)c3)nc3cc[nH]c23)C1. The Hall–Kier alpha value is -3.56. The number of likely N-dealkylation sites (tertiary alicyclic amines) is 1. The second-order valence-electron chi connectivity index (χ2n) is 10.3. The number of hydrogen-bond donors (Lipinski definition) is 2. The topological polar surface area (TPSA) is 101 Å². The Kier molecular flexibility index (Phi) is 5.81. The molecule has 3 aromatic heterocycles. The quantitative estimate of drug-likeness (QED) is 0.434. The van der Waals surface area contributed by atoms with Crippen LogP contribution in [0.3, 0.4) is 0 Å². The molecule has 2 aliphatic heterocycles. The predicted molar refractivity (Wildman–Crippen MR) is 137 cm³/mol. The van der Waals surface area contributed by atoms with Crippen molar-refractivity contribution >= 4 is 22.6 Å². The number of H-pyrrole nitrogens is 1. The van der Waals surface area contributed by atoms with E-state index in [-0.39, 0.29) is 11.3 Å². The summed E-state index contributed by atoms with van der Waals surface area (Å²) < 4.78 is 7.52. The lowest BCUT2D eigenvalue weighted by atomic mass is 9.77. The molecule has 2 fully saturated rings. The molecule has 0 radical (unpaired) electrons. The maximum absolute atomic E-state index is 13.4. The summed E-state index contributed by atoms with van der Waals surface area (Å²) >= 11 is 0. The zero-order chi connectivity index (χ0) is 24.7. The van der Waals surface area contributed by atoms with E-state index in [1.54, 1.807) is 6.33 Å². The summed E-state index contributed by atoms with van der Waals surface area (Å²) in [6.45, 7) is 6.33. The molecule has 9 heteroatoms. The summed E-state index contributed by atoms with van der Waals surface area (Å²) in [7, 11) is 1.94. The van der Waals surface area contributed by atoms with Crippen LogP contribution in [-0.4, -0.2) is 61.8 Å². The Morgan fingerprint density at radius 3 is 2.92 bits per heavy atom. The molecular formula is C27H31N7O2. The molecule has 1 amide bonds. The summed E-state index contributed by atoms with van der Waals surface area (Å²) in [5, 5.41) is 11.5. The number of piperidine rings is 1. The first-order valence-corrected chi connectivity index (χ1v) is 12.6. The van der Waals surface area contributed by atoms with Crippen LogP contribution in [0, 0.1) is 5.92 Å². The number of carbonyl (C=O) groups is 1. The molecule has 2 N–H and O–H groups in total. The van der Waals surface area contributed by atoms with E-state index in [0.717, 1.165) is 47.6 Å². The normalized spacial score (nSPS) is 19.8. The molecule has 4 aromatic rings. The first-order chi connectivity index (χ1) is 17.5. The fourth-order valence-electron chi connectivity index (χ4n) is 5.56. The van der Waals surface area contributed by atoms with Crippen LogP contribution in [0.4, 0.5) is 5.69 Å². The van der Waals surface area contributed by atoms with Gasteiger partial charge in [0.05, 0.1) is 24.2 Å². The standard InChI is InChI=1S/C27H31N7O2/c1-18-5-4-10-34(13-18)14-19-11-23(31-22-8-9-28-24(19)22)25(35)30-21-7-3-6-20(12-21)27(15-36-16-27)26-32-29-17-33(26)2/h3,6-9,11-12,17-18,28H,4-5,10,13-16H2,1-2H3,(H,30,35)/t18-/m0/s1. The number of benzene rings is 1. The number of hydrogen-bond acceptors (Lipinski definition) is 6. The summed E-state index contributed by atoms with van der Waals surface area (Å²) in [5.74, 6) is 1.33. The average Bonchev–Trinajstić information content (AvgIpc) is 3.48. The molecule has 2 saturated heterocycles. The fraction of sp³-hybridized carbons (Fsp3) is 0.407. The lowest BCUT2D eigenvalue weighted by Gasteiger charge is -2.40. The Morgan fingerprint density at radius 1 is 1.28 bits per heavy atom. The number of nitrogens with one attached hydrogen (secondary N) is 2. The molecule has 186 valence electrons. The summed E-state index contributed by atoms with van der Waals surface area (Å²) in [6, 6.07) is 11.8. The van der Waals surface area contributed by atoms with Crippen LogP contribution >= 0.6 is 0 Å². The van der Waals surface area contributed by atoms with Gasteiger partial charge in [0.25, 0.3) is 5.91 Å². The zero-order valence-electron chi connectivity index (χ0n) is 20.7. The number of amides is 1. The average molecular weight is 486 g/mol. The molecule has 9 nitrogen and oxygen atoms in total. The first-order valence-electron chi connectivity index (χ1n) is 12.6. The minimum atomic E-state index is -0.368. The third kappa shape index (κ3) is 4.08. The minimum Gasteiger partial charge on any atom is -0.378 e. The van der Waals surface area contributed by atoms with Gasteiger partial charge in [0.1, 0.15) is 23.3 Å². The summed E-state index contributed by atoms with van der Waals surface area (Å²) in [5.41, 5.74) is 4.72. The van der Waals surface area contributed by atoms with Crippen molar-refractivity contribution in [3.05, 3.63) is 71.6 Å². The highest BCUT2D eigenvalue weighted by Gasteiger charge is 2.46. The lowest BCUT2D eigenvalue weighted by molar-refractivity contribution is -0.0435. The van der Waals surface area contributed by atoms with Crippen molar-refractivity contribution in [1.82, 2.24) is 29.6 Å². The van der Waals surface area contributed by atoms with Crippen LogP contribution in [0.15, 0.2) is 48.9 Å². The van der Waals surface area contributed by atoms with Crippen LogP contribution in [0.5, 0.6) is 0 Å². The van der Waals surface area contributed by atoms with Gasteiger partial charge in [0, 0.05) is 32.0 Å². The van der Waals surface area contributed by atoms with Crippen LogP contribution < -0.4 is 5.32 Å². The number of carbonyl (C=O) groups excluding carboxylic acids is 1. The number of anilines is 1. The van der Waals surface area contributed by atoms with Crippen molar-refractivity contribution in [1.29, 1.82) is 0 Å². The first kappa shape index (κ1) is 22.9. The van der Waals surface area contributed by atoms with Crippen LogP contribution in [0.25, 0.3) is 11.0 Å². The van der Waals surface area contributed by atoms with E-state index in [0.29, 0.717) is 30.5 Å². The summed E-state index contributed by atoms with van der Waals surface area (Å²) in [4.78, 5) is 23.8. The molecule has 36 heavy (non-hydrogen) atoms. The van der Waals surface area contributed by atoms with Gasteiger partial charge >= 0.3 is 0 Å². The van der Waals surface area contributed by atoms with Gasteiger partial charge in [-0.1, -0.05) is 19.1 Å². The van der Waals surface area contributed by atoms with E-state index in [4.69, 9.17) is 4.74 Å². The van der Waals surface area contributed by atoms with E-state index < -0.39 is 0 Å². The molecule has 6 rings (SSSR count). The van der Waals surface area contributed by atoms with Gasteiger partial charge in [-0.05, 0) is 60.7 Å². The van der Waals surface area contributed by atoms with Gasteiger partial charge in [-0.25, -0.2) is 4.98 Å². The van der Waals surface area contributed by atoms with Gasteiger partial charge < -0.3 is 19.6 Å². The number of aryl methyl sites for hydroxylation is 1. The Labute approximate surface area is 209 Å². The minimum absolute atomic E-state index is 0.221. The Morgan fingerprint density at radius 2 is 2.17 bits per heavy atom. The van der Waals surface area contributed by atoms with Gasteiger partial charge in [-0.15, -0.1) is 10.2 Å². The maximum atomic E-state index is 13.4. The van der Waals surface area contributed by atoms with E-state index in [1.165, 1.54) is 12.8 Å².